The fraction of sp³-hybridized carbons (Fsp3) is 0.286. The van der Waals surface area contributed by atoms with Crippen LogP contribution in [0.4, 0.5) is 0 Å². The Balaban J connectivity index is 2.51. The highest BCUT2D eigenvalue weighted by Gasteiger charge is 2.23. The van der Waals surface area contributed by atoms with Gasteiger partial charge in [-0.15, -0.1) is 0 Å². The van der Waals surface area contributed by atoms with E-state index in [4.69, 9.17) is 4.42 Å². The van der Waals surface area contributed by atoms with Crippen molar-refractivity contribution in [1.82, 2.24) is 0 Å². The number of aryl methyl sites for hydroxylation is 1. The number of benzene rings is 1. The fourth-order valence-corrected chi connectivity index (χ4v) is 2.68. The molecule has 0 unspecified atom stereocenters. The number of hydrogen-bond acceptors (Lipinski definition) is 4. The van der Waals surface area contributed by atoms with Crippen LogP contribution in [0.1, 0.15) is 34.8 Å². The predicted molar refractivity (Wildman–Crippen MR) is 66.2 cm³/mol. The molecule has 92 valence electrons. The number of carbonyl (C=O) groups is 1. The highest BCUT2D eigenvalue weighted by atomic mass is 16.4. The van der Waals surface area contributed by atoms with E-state index in [9.17, 15) is 14.7 Å². The van der Waals surface area contributed by atoms with Gasteiger partial charge in [0.05, 0.1) is 0 Å². The Morgan fingerprint density at radius 3 is 2.72 bits per heavy atom. The SMILES string of the molecule is CC(=O)c1c(O)ccc2c3c(c(=O)oc12)CCC3. The van der Waals surface area contributed by atoms with Crippen molar-refractivity contribution in [2.75, 3.05) is 0 Å². The first kappa shape index (κ1) is 11.0. The Labute approximate surface area is 103 Å². The van der Waals surface area contributed by atoms with Crippen molar-refractivity contribution in [1.29, 1.82) is 0 Å². The van der Waals surface area contributed by atoms with Gasteiger partial charge in [0.25, 0.3) is 0 Å². The summed E-state index contributed by atoms with van der Waals surface area (Å²) in [5.74, 6) is -0.449. The van der Waals surface area contributed by atoms with E-state index in [-0.39, 0.29) is 28.3 Å². The molecule has 1 heterocycles. The van der Waals surface area contributed by atoms with E-state index in [1.165, 1.54) is 13.0 Å². The van der Waals surface area contributed by atoms with Gasteiger partial charge in [0.2, 0.25) is 0 Å². The molecule has 1 aliphatic carbocycles. The van der Waals surface area contributed by atoms with Gasteiger partial charge in [-0.25, -0.2) is 4.79 Å². The molecule has 0 saturated heterocycles. The smallest absolute Gasteiger partial charge is 0.339 e. The van der Waals surface area contributed by atoms with E-state index in [1.807, 2.05) is 0 Å². The van der Waals surface area contributed by atoms with Crippen LogP contribution in [0, 0.1) is 0 Å². The number of hydrogen-bond donors (Lipinski definition) is 1. The molecule has 1 aromatic heterocycles. The van der Waals surface area contributed by atoms with Crippen LogP contribution in [-0.2, 0) is 12.8 Å². The maximum absolute atomic E-state index is 11.9. The molecule has 3 rings (SSSR count). The molecule has 1 aliphatic rings. The molecule has 0 amide bonds. The van der Waals surface area contributed by atoms with E-state index < -0.39 is 0 Å². The molecule has 4 nitrogen and oxygen atoms in total. The quantitative estimate of drug-likeness (QED) is 0.616. The van der Waals surface area contributed by atoms with Gasteiger partial charge >= 0.3 is 5.63 Å². The molecule has 18 heavy (non-hydrogen) atoms. The van der Waals surface area contributed by atoms with Gasteiger partial charge < -0.3 is 9.52 Å². The minimum Gasteiger partial charge on any atom is -0.507 e. The third-order valence-corrected chi connectivity index (χ3v) is 3.47. The van der Waals surface area contributed by atoms with Crippen molar-refractivity contribution < 1.29 is 14.3 Å². The van der Waals surface area contributed by atoms with Crippen molar-refractivity contribution >= 4 is 16.8 Å². The minimum absolute atomic E-state index is 0.0966. The molecule has 0 spiro atoms. The van der Waals surface area contributed by atoms with Crippen molar-refractivity contribution in [3.63, 3.8) is 0 Å². The van der Waals surface area contributed by atoms with Gasteiger partial charge in [0.1, 0.15) is 11.3 Å². The van der Waals surface area contributed by atoms with E-state index in [2.05, 4.69) is 0 Å². The third kappa shape index (κ3) is 1.38. The van der Waals surface area contributed by atoms with E-state index in [0.717, 1.165) is 30.2 Å². The van der Waals surface area contributed by atoms with Crippen LogP contribution >= 0.6 is 0 Å². The van der Waals surface area contributed by atoms with Gasteiger partial charge in [-0.1, -0.05) is 0 Å². The van der Waals surface area contributed by atoms with Gasteiger partial charge in [0, 0.05) is 10.9 Å². The zero-order valence-electron chi connectivity index (χ0n) is 9.95. The topological polar surface area (TPSA) is 67.5 Å². The van der Waals surface area contributed by atoms with Crippen molar-refractivity contribution in [2.24, 2.45) is 0 Å². The molecular weight excluding hydrogens is 232 g/mol. The second kappa shape index (κ2) is 3.70. The Morgan fingerprint density at radius 1 is 1.28 bits per heavy atom. The van der Waals surface area contributed by atoms with E-state index in [0.29, 0.717) is 5.56 Å². The highest BCUT2D eigenvalue weighted by Crippen LogP contribution is 2.33. The molecule has 0 saturated carbocycles. The molecule has 0 fully saturated rings. The summed E-state index contributed by atoms with van der Waals surface area (Å²) in [6.45, 7) is 1.35. The third-order valence-electron chi connectivity index (χ3n) is 3.47. The summed E-state index contributed by atoms with van der Waals surface area (Å²) in [7, 11) is 0. The molecule has 0 bridgehead atoms. The number of phenolic OH excluding ortho intramolecular Hbond substituents is 1. The molecule has 1 aromatic carbocycles. The lowest BCUT2D eigenvalue weighted by atomic mass is 10.0. The van der Waals surface area contributed by atoms with Crippen molar-refractivity contribution in [3.8, 4) is 5.75 Å². The first-order valence-electron chi connectivity index (χ1n) is 5.91. The molecule has 0 aliphatic heterocycles. The van der Waals surface area contributed by atoms with Gasteiger partial charge in [-0.05, 0) is 43.9 Å². The second-order valence-electron chi connectivity index (χ2n) is 4.59. The van der Waals surface area contributed by atoms with Crippen LogP contribution in [0.2, 0.25) is 0 Å². The Bertz CT molecular complexity index is 725. The van der Waals surface area contributed by atoms with Gasteiger partial charge in [-0.3, -0.25) is 4.79 Å². The summed E-state index contributed by atoms with van der Waals surface area (Å²) < 4.78 is 5.24. The van der Waals surface area contributed by atoms with Crippen LogP contribution in [0.25, 0.3) is 11.0 Å². The molecule has 0 atom stereocenters. The number of phenols is 1. The standard InChI is InChI=1S/C14H12O4/c1-7(15)12-11(16)6-5-9-8-3-2-4-10(8)14(17)18-13(9)12/h5-6,16H,2-4H2,1H3. The summed E-state index contributed by atoms with van der Waals surface area (Å²) in [6, 6.07) is 3.20. The first-order valence-corrected chi connectivity index (χ1v) is 5.91. The van der Waals surface area contributed by atoms with Crippen molar-refractivity contribution in [2.45, 2.75) is 26.2 Å². The van der Waals surface area contributed by atoms with Crippen molar-refractivity contribution in [3.05, 3.63) is 39.2 Å². The van der Waals surface area contributed by atoms with Crippen LogP contribution in [0.3, 0.4) is 0 Å². The normalized spacial score (nSPS) is 13.8. The fourth-order valence-electron chi connectivity index (χ4n) is 2.68. The Hall–Kier alpha value is -2.10. The maximum Gasteiger partial charge on any atom is 0.339 e. The molecule has 0 radical (unpaired) electrons. The maximum atomic E-state index is 11.9. The average molecular weight is 244 g/mol. The minimum atomic E-state index is -0.386. The number of Topliss-reactive ketones (excluding diaryl/α,β-unsaturated/α-hetero) is 1. The van der Waals surface area contributed by atoms with E-state index in [1.54, 1.807) is 6.07 Å². The molecule has 2 aromatic rings. The average Bonchev–Trinajstić information content (AvgIpc) is 2.77. The number of fused-ring (bicyclic) bond motifs is 3. The number of ketones is 1. The Kier molecular flexibility index (Phi) is 2.26. The summed E-state index contributed by atoms with van der Waals surface area (Å²) in [5, 5.41) is 10.5. The zero-order chi connectivity index (χ0) is 12.9. The molecular formula is C14H12O4. The summed E-state index contributed by atoms with van der Waals surface area (Å²) >= 11 is 0. The van der Waals surface area contributed by atoms with Gasteiger partial charge in [-0.2, -0.15) is 0 Å². The number of rotatable bonds is 1. The molecule has 1 N–H and O–H groups in total. The molecule has 4 heteroatoms. The Morgan fingerprint density at radius 2 is 2.00 bits per heavy atom. The highest BCUT2D eigenvalue weighted by molar-refractivity contribution is 6.07. The van der Waals surface area contributed by atoms with Crippen LogP contribution in [0.5, 0.6) is 5.75 Å². The summed E-state index contributed by atoms with van der Waals surface area (Å²) in [5.41, 5.74) is 1.60. The van der Waals surface area contributed by atoms with Crippen LogP contribution in [-0.4, -0.2) is 10.9 Å². The predicted octanol–water partition coefficient (Wildman–Crippen LogP) is 2.19. The lowest BCUT2D eigenvalue weighted by molar-refractivity contribution is 0.101. The lowest BCUT2D eigenvalue weighted by Gasteiger charge is -2.08. The van der Waals surface area contributed by atoms with Crippen LogP contribution in [0.15, 0.2) is 21.3 Å². The zero-order valence-corrected chi connectivity index (χ0v) is 9.95. The lowest BCUT2D eigenvalue weighted by Crippen LogP contribution is -2.08. The number of aromatic hydroxyl groups is 1. The monoisotopic (exact) mass is 244 g/mol. The van der Waals surface area contributed by atoms with Gasteiger partial charge in [0.15, 0.2) is 11.4 Å². The summed E-state index contributed by atoms with van der Waals surface area (Å²) in [6.07, 6.45) is 2.47. The second-order valence-corrected chi connectivity index (χ2v) is 4.59. The number of carbonyl (C=O) groups excluding carboxylic acids is 1. The van der Waals surface area contributed by atoms with E-state index >= 15 is 0 Å². The largest absolute Gasteiger partial charge is 0.507 e. The first-order chi connectivity index (χ1) is 8.59. The van der Waals surface area contributed by atoms with Crippen LogP contribution < -0.4 is 5.63 Å². The summed E-state index contributed by atoms with van der Waals surface area (Å²) in [4.78, 5) is 23.4.